The Kier molecular flexibility index (Phi) is 8.46. The third kappa shape index (κ3) is 6.67. The molecule has 0 saturated carbocycles. The van der Waals surface area contributed by atoms with Crippen LogP contribution in [-0.2, 0) is 10.5 Å². The van der Waals surface area contributed by atoms with Crippen LogP contribution in [0.25, 0.3) is 0 Å². The summed E-state index contributed by atoms with van der Waals surface area (Å²) in [6, 6.07) is 11.5. The van der Waals surface area contributed by atoms with Gasteiger partial charge in [0.25, 0.3) is 0 Å². The Morgan fingerprint density at radius 3 is 2.62 bits per heavy atom. The van der Waals surface area contributed by atoms with Crippen molar-refractivity contribution in [2.45, 2.75) is 24.5 Å². The predicted octanol–water partition coefficient (Wildman–Crippen LogP) is 6.51. The molecule has 3 heterocycles. The lowest BCUT2D eigenvalue weighted by molar-refractivity contribution is -0.114. The second-order valence-corrected chi connectivity index (χ2v) is 9.23. The molecule has 0 unspecified atom stereocenters. The zero-order valence-electron chi connectivity index (χ0n) is 17.2. The molecule has 0 aliphatic heterocycles. The van der Waals surface area contributed by atoms with Crippen LogP contribution in [0.2, 0.25) is 0 Å². The fraction of sp³-hybridized carbons (Fsp3) is 0.143. The minimum Gasteiger partial charge on any atom is -0.453 e. The average molecular weight is 506 g/mol. The first-order valence-electron chi connectivity index (χ1n) is 9.32. The molecule has 2 N–H and O–H groups in total. The van der Waals surface area contributed by atoms with Gasteiger partial charge < -0.3 is 15.4 Å². The van der Waals surface area contributed by atoms with E-state index in [1.807, 2.05) is 54.1 Å². The lowest BCUT2D eigenvalue weighted by Crippen LogP contribution is -2.05. The topological polar surface area (TPSA) is 89.0 Å². The van der Waals surface area contributed by atoms with E-state index in [1.165, 1.54) is 29.6 Å². The smallest absolute Gasteiger partial charge is 0.223 e. The molecule has 0 aliphatic carbocycles. The summed E-state index contributed by atoms with van der Waals surface area (Å²) in [7, 11) is 0. The fourth-order valence-corrected chi connectivity index (χ4v) is 4.87. The molecular formula is C21H20ClN5O2S3. The van der Waals surface area contributed by atoms with Gasteiger partial charge in [0.05, 0.1) is 11.4 Å². The number of hydrogen-bond donors (Lipinski definition) is 2. The number of thioether (sulfide) groups is 1. The highest BCUT2D eigenvalue weighted by molar-refractivity contribution is 7.98. The highest BCUT2D eigenvalue weighted by atomic mass is 35.5. The van der Waals surface area contributed by atoms with Gasteiger partial charge in [0.1, 0.15) is 5.75 Å². The van der Waals surface area contributed by atoms with E-state index in [2.05, 4.69) is 25.6 Å². The molecule has 4 rings (SSSR count). The molecule has 0 saturated heterocycles. The molecule has 0 fully saturated rings. The summed E-state index contributed by atoms with van der Waals surface area (Å²) in [5, 5.41) is 11.2. The van der Waals surface area contributed by atoms with E-state index in [1.54, 1.807) is 18.0 Å². The molecule has 4 aromatic rings. The lowest BCUT2D eigenvalue weighted by Gasteiger charge is -2.12. The summed E-state index contributed by atoms with van der Waals surface area (Å²) in [5.74, 6) is 2.47. The molecule has 11 heteroatoms. The van der Waals surface area contributed by atoms with Crippen molar-refractivity contribution in [2.75, 3.05) is 10.6 Å². The van der Waals surface area contributed by atoms with Crippen LogP contribution in [0.4, 0.5) is 16.1 Å². The Bertz CT molecular complexity index is 1180. The molecule has 7 nitrogen and oxygen atoms in total. The van der Waals surface area contributed by atoms with Crippen LogP contribution in [0.1, 0.15) is 18.3 Å². The van der Waals surface area contributed by atoms with Crippen molar-refractivity contribution in [3.63, 3.8) is 0 Å². The first-order chi connectivity index (χ1) is 15.0. The maximum absolute atomic E-state index is 11.2. The zero-order chi connectivity index (χ0) is 21.6. The fourth-order valence-electron chi connectivity index (χ4n) is 2.54. The van der Waals surface area contributed by atoms with Crippen molar-refractivity contribution >= 4 is 68.8 Å². The molecule has 32 heavy (non-hydrogen) atoms. The van der Waals surface area contributed by atoms with Gasteiger partial charge in [0.15, 0.2) is 21.8 Å². The van der Waals surface area contributed by atoms with Gasteiger partial charge in [-0.25, -0.2) is 15.0 Å². The van der Waals surface area contributed by atoms with Gasteiger partial charge >= 0.3 is 0 Å². The van der Waals surface area contributed by atoms with Gasteiger partial charge in [-0.15, -0.1) is 46.8 Å². The number of aromatic nitrogens is 3. The second-order valence-electron chi connectivity index (χ2n) is 6.47. The van der Waals surface area contributed by atoms with E-state index in [4.69, 9.17) is 4.74 Å². The summed E-state index contributed by atoms with van der Waals surface area (Å²) < 4.78 is 6.11. The summed E-state index contributed by atoms with van der Waals surface area (Å²) in [6.07, 6.45) is 1.80. The Hall–Kier alpha value is -2.66. The molecule has 0 aliphatic rings. The van der Waals surface area contributed by atoms with Gasteiger partial charge in [-0.2, -0.15) is 0 Å². The summed E-state index contributed by atoms with van der Waals surface area (Å²) in [5.41, 5.74) is 1.84. The Balaban J connectivity index is 0.00000289. The Morgan fingerprint density at radius 2 is 1.91 bits per heavy atom. The summed E-state index contributed by atoms with van der Waals surface area (Å²) in [6.45, 7) is 3.42. The number of amides is 1. The van der Waals surface area contributed by atoms with E-state index in [0.717, 1.165) is 27.2 Å². The van der Waals surface area contributed by atoms with Crippen LogP contribution in [-0.4, -0.2) is 20.9 Å². The van der Waals surface area contributed by atoms with Crippen molar-refractivity contribution in [2.24, 2.45) is 0 Å². The minimum absolute atomic E-state index is 0. The molecule has 0 spiro atoms. The number of nitrogens with one attached hydrogen (secondary N) is 2. The van der Waals surface area contributed by atoms with Crippen molar-refractivity contribution in [3.05, 3.63) is 64.7 Å². The number of hydrogen-bond acceptors (Lipinski definition) is 9. The number of carbonyl (C=O) groups excluding carboxylic acids is 1. The molecular weight excluding hydrogens is 486 g/mol. The van der Waals surface area contributed by atoms with Crippen molar-refractivity contribution < 1.29 is 9.53 Å². The predicted molar refractivity (Wildman–Crippen MR) is 134 cm³/mol. The van der Waals surface area contributed by atoms with Gasteiger partial charge in [0.2, 0.25) is 5.91 Å². The van der Waals surface area contributed by atoms with Gasteiger partial charge in [-0.1, -0.05) is 18.2 Å². The van der Waals surface area contributed by atoms with Crippen LogP contribution in [0.5, 0.6) is 11.5 Å². The number of anilines is 3. The van der Waals surface area contributed by atoms with E-state index < -0.39 is 0 Å². The Labute approximate surface area is 204 Å². The van der Waals surface area contributed by atoms with Gasteiger partial charge in [-0.3, -0.25) is 4.79 Å². The molecule has 0 atom stereocenters. The monoisotopic (exact) mass is 505 g/mol. The van der Waals surface area contributed by atoms with Gasteiger partial charge in [-0.05, 0) is 25.1 Å². The first kappa shape index (κ1) is 24.0. The van der Waals surface area contributed by atoms with E-state index in [-0.39, 0.29) is 18.3 Å². The number of rotatable bonds is 8. The molecule has 3 aromatic heterocycles. The first-order valence-corrected chi connectivity index (χ1v) is 12.1. The highest BCUT2D eigenvalue weighted by Crippen LogP contribution is 2.35. The van der Waals surface area contributed by atoms with Crippen LogP contribution in [0.3, 0.4) is 0 Å². The third-order valence-electron chi connectivity index (χ3n) is 3.86. The SMILES string of the molecule is CC(=O)Nc1nc(CSc2cnc(Nc3nc(C)cs3)c(Oc3ccccc3)c2)cs1.Cl. The molecule has 1 aromatic carbocycles. The number of thiazole rings is 2. The molecule has 1 amide bonds. The van der Waals surface area contributed by atoms with Crippen LogP contribution in [0.15, 0.2) is 58.3 Å². The third-order valence-corrected chi connectivity index (χ3v) is 6.54. The highest BCUT2D eigenvalue weighted by Gasteiger charge is 2.12. The summed E-state index contributed by atoms with van der Waals surface area (Å²) in [4.78, 5) is 25.6. The van der Waals surface area contributed by atoms with Crippen LogP contribution >= 0.6 is 46.8 Å². The Morgan fingerprint density at radius 1 is 1.12 bits per heavy atom. The van der Waals surface area contributed by atoms with E-state index in [9.17, 15) is 4.79 Å². The van der Waals surface area contributed by atoms with Crippen LogP contribution < -0.4 is 15.4 Å². The van der Waals surface area contributed by atoms with E-state index in [0.29, 0.717) is 22.5 Å². The van der Waals surface area contributed by atoms with Gasteiger partial charge in [0, 0.05) is 34.5 Å². The molecule has 0 radical (unpaired) electrons. The maximum Gasteiger partial charge on any atom is 0.223 e. The van der Waals surface area contributed by atoms with Crippen molar-refractivity contribution in [3.8, 4) is 11.5 Å². The number of halogens is 1. The number of para-hydroxylation sites is 1. The average Bonchev–Trinajstić information content (AvgIpc) is 3.37. The molecule has 0 bridgehead atoms. The van der Waals surface area contributed by atoms with Crippen molar-refractivity contribution in [1.82, 2.24) is 15.0 Å². The standard InChI is InChI=1S/C21H19N5O2S3.ClH/c1-13-10-30-20(23-13)26-19-18(28-16-6-4-3-5-7-16)8-17(9-22-19)29-11-15-12-31-21(25-15)24-14(2)27;/h3-10,12H,11H2,1-2H3,(H,22,23,26)(H,24,25,27);1H. The largest absolute Gasteiger partial charge is 0.453 e. The lowest BCUT2D eigenvalue weighted by atomic mass is 10.3. The minimum atomic E-state index is -0.126. The normalized spacial score (nSPS) is 10.3. The van der Waals surface area contributed by atoms with Crippen molar-refractivity contribution in [1.29, 1.82) is 0 Å². The van der Waals surface area contributed by atoms with E-state index >= 15 is 0 Å². The number of ether oxygens (including phenoxy) is 1. The molecule has 166 valence electrons. The number of pyridine rings is 1. The quantitative estimate of drug-likeness (QED) is 0.264. The number of aryl methyl sites for hydroxylation is 1. The number of carbonyl (C=O) groups is 1. The number of nitrogens with zero attached hydrogens (tertiary/aromatic N) is 3. The number of benzene rings is 1. The van der Waals surface area contributed by atoms with Crippen LogP contribution in [0, 0.1) is 6.92 Å². The zero-order valence-corrected chi connectivity index (χ0v) is 20.5. The summed E-state index contributed by atoms with van der Waals surface area (Å²) >= 11 is 4.53. The second kappa shape index (κ2) is 11.3. The maximum atomic E-state index is 11.2.